The van der Waals surface area contributed by atoms with Crippen LogP contribution in [0.5, 0.6) is 0 Å². The van der Waals surface area contributed by atoms with Gasteiger partial charge >= 0.3 is 12.2 Å². The quantitative estimate of drug-likeness (QED) is 0.490. The Morgan fingerprint density at radius 3 is 2.41 bits per heavy atom. The first kappa shape index (κ1) is 25.5. The Balaban J connectivity index is 1.37. The lowest BCUT2D eigenvalue weighted by Gasteiger charge is -2.32. The van der Waals surface area contributed by atoms with Crippen molar-refractivity contribution in [3.05, 3.63) is 69.7 Å². The molecule has 2 aliphatic heterocycles. The normalized spacial score (nSPS) is 22.0. The molecule has 1 saturated heterocycles. The summed E-state index contributed by atoms with van der Waals surface area (Å²) >= 11 is 5.88. The molecule has 2 aromatic rings. The van der Waals surface area contributed by atoms with Crippen LogP contribution in [0, 0.1) is 11.8 Å². The standard InChI is InChI=1S/C26H25ClF3N3O4/c27-21-9-17-12-33(11-16(17)8-20(21)26(28,29)30)22(34)18(14-37-13-15-4-2-1-3-5-15)10-25(19-6-7-19)23(35)31-24(36)32-25/h1-5,8-9,18-19H,6-7,10-14H2,(H2,31,32,35,36)/t18-,25+/m0/s1. The summed E-state index contributed by atoms with van der Waals surface area (Å²) in [5, 5.41) is 4.62. The van der Waals surface area contributed by atoms with Gasteiger partial charge in [0.15, 0.2) is 0 Å². The van der Waals surface area contributed by atoms with E-state index in [1.54, 1.807) is 0 Å². The average Bonchev–Trinajstić information content (AvgIpc) is 3.55. The number of nitrogens with zero attached hydrogens (tertiary/aromatic N) is 1. The topological polar surface area (TPSA) is 87.7 Å². The fraction of sp³-hybridized carbons (Fsp3) is 0.423. The number of urea groups is 1. The van der Waals surface area contributed by atoms with Crippen molar-refractivity contribution in [2.24, 2.45) is 11.8 Å². The Kier molecular flexibility index (Phi) is 6.66. The summed E-state index contributed by atoms with van der Waals surface area (Å²) in [6.07, 6.45) is -3.09. The second-order valence-corrected chi connectivity index (χ2v) is 10.3. The third kappa shape index (κ3) is 5.17. The molecule has 7 nitrogen and oxygen atoms in total. The third-order valence-corrected chi connectivity index (χ3v) is 7.53. The molecule has 1 aliphatic carbocycles. The maximum atomic E-state index is 13.7. The van der Waals surface area contributed by atoms with Gasteiger partial charge in [-0.25, -0.2) is 4.79 Å². The van der Waals surface area contributed by atoms with E-state index >= 15 is 0 Å². The minimum atomic E-state index is -4.61. The second kappa shape index (κ2) is 9.64. The van der Waals surface area contributed by atoms with E-state index in [2.05, 4.69) is 10.6 Å². The number of hydrogen-bond acceptors (Lipinski definition) is 4. The van der Waals surface area contributed by atoms with E-state index in [9.17, 15) is 27.6 Å². The summed E-state index contributed by atoms with van der Waals surface area (Å²) in [6, 6.07) is 11.0. The average molecular weight is 536 g/mol. The van der Waals surface area contributed by atoms with Gasteiger partial charge in [-0.15, -0.1) is 0 Å². The van der Waals surface area contributed by atoms with Gasteiger partial charge in [-0.3, -0.25) is 14.9 Å². The van der Waals surface area contributed by atoms with Gasteiger partial charge in [0.25, 0.3) is 5.91 Å². The van der Waals surface area contributed by atoms with Gasteiger partial charge < -0.3 is 15.0 Å². The van der Waals surface area contributed by atoms with Crippen molar-refractivity contribution in [3.8, 4) is 0 Å². The highest BCUT2D eigenvalue weighted by atomic mass is 35.5. The number of carbonyl (C=O) groups is 3. The van der Waals surface area contributed by atoms with Crippen LogP contribution < -0.4 is 10.6 Å². The summed E-state index contributed by atoms with van der Waals surface area (Å²) in [5.74, 6) is -1.72. The molecule has 196 valence electrons. The number of alkyl halides is 3. The summed E-state index contributed by atoms with van der Waals surface area (Å²) in [7, 11) is 0. The summed E-state index contributed by atoms with van der Waals surface area (Å²) in [6.45, 7) is 0.298. The predicted octanol–water partition coefficient (Wildman–Crippen LogP) is 4.41. The van der Waals surface area contributed by atoms with Crippen LogP contribution in [0.15, 0.2) is 42.5 Å². The van der Waals surface area contributed by atoms with Crippen LogP contribution in [0.1, 0.15) is 41.5 Å². The maximum Gasteiger partial charge on any atom is 0.417 e. The molecule has 0 radical (unpaired) electrons. The molecule has 2 atom stereocenters. The lowest BCUT2D eigenvalue weighted by Crippen LogP contribution is -2.52. The zero-order chi connectivity index (χ0) is 26.4. The largest absolute Gasteiger partial charge is 0.417 e. The highest BCUT2D eigenvalue weighted by Crippen LogP contribution is 2.45. The summed E-state index contributed by atoms with van der Waals surface area (Å²) < 4.78 is 45.9. The number of fused-ring (bicyclic) bond motifs is 1. The van der Waals surface area contributed by atoms with Crippen LogP contribution in [-0.4, -0.2) is 34.9 Å². The fourth-order valence-corrected chi connectivity index (χ4v) is 5.52. The zero-order valence-electron chi connectivity index (χ0n) is 19.7. The molecule has 3 aliphatic rings. The first-order chi connectivity index (χ1) is 17.6. The number of imide groups is 1. The molecular formula is C26H25ClF3N3O4. The van der Waals surface area contributed by atoms with Crippen molar-refractivity contribution in [2.45, 2.75) is 50.7 Å². The highest BCUT2D eigenvalue weighted by Gasteiger charge is 2.57. The summed E-state index contributed by atoms with van der Waals surface area (Å²) in [4.78, 5) is 40.0. The van der Waals surface area contributed by atoms with E-state index in [-0.39, 0.29) is 44.5 Å². The molecule has 1 saturated carbocycles. The van der Waals surface area contributed by atoms with Crippen molar-refractivity contribution >= 4 is 29.4 Å². The lowest BCUT2D eigenvalue weighted by molar-refractivity contribution is -0.140. The Hall–Kier alpha value is -3.11. The van der Waals surface area contributed by atoms with Gasteiger partial charge in [0, 0.05) is 13.1 Å². The zero-order valence-corrected chi connectivity index (χ0v) is 20.5. The summed E-state index contributed by atoms with van der Waals surface area (Å²) in [5.41, 5.74) is -0.340. The molecule has 0 bridgehead atoms. The van der Waals surface area contributed by atoms with E-state index < -0.39 is 40.2 Å². The number of ether oxygens (including phenoxy) is 1. The Labute approximate surface area is 216 Å². The van der Waals surface area contributed by atoms with Gasteiger partial charge in [-0.1, -0.05) is 41.9 Å². The molecule has 2 aromatic carbocycles. The Morgan fingerprint density at radius 2 is 1.81 bits per heavy atom. The van der Waals surface area contributed by atoms with E-state index in [1.807, 2.05) is 30.3 Å². The molecule has 0 aromatic heterocycles. The molecular weight excluding hydrogens is 511 g/mol. The molecule has 11 heteroatoms. The first-order valence-corrected chi connectivity index (χ1v) is 12.4. The van der Waals surface area contributed by atoms with Gasteiger partial charge in [-0.2, -0.15) is 13.2 Å². The van der Waals surface area contributed by atoms with Crippen LogP contribution in [-0.2, 0) is 40.2 Å². The van der Waals surface area contributed by atoms with E-state index in [1.165, 1.54) is 11.0 Å². The number of hydrogen-bond donors (Lipinski definition) is 2. The maximum absolute atomic E-state index is 13.7. The first-order valence-electron chi connectivity index (χ1n) is 12.0. The second-order valence-electron chi connectivity index (χ2n) is 9.85. The minimum absolute atomic E-state index is 0.0153. The van der Waals surface area contributed by atoms with Crippen LogP contribution >= 0.6 is 11.6 Å². The molecule has 2 N–H and O–H groups in total. The molecule has 0 spiro atoms. The number of amides is 4. The number of nitrogens with one attached hydrogen (secondary N) is 2. The molecule has 4 amide bonds. The number of rotatable bonds is 8. The molecule has 5 rings (SSSR count). The molecule has 2 heterocycles. The predicted molar refractivity (Wildman–Crippen MR) is 127 cm³/mol. The third-order valence-electron chi connectivity index (χ3n) is 7.22. The van der Waals surface area contributed by atoms with Crippen molar-refractivity contribution in [2.75, 3.05) is 6.61 Å². The highest BCUT2D eigenvalue weighted by molar-refractivity contribution is 6.31. The Morgan fingerprint density at radius 1 is 1.14 bits per heavy atom. The number of halogens is 4. The van der Waals surface area contributed by atoms with Gasteiger partial charge in [0.1, 0.15) is 5.54 Å². The number of benzene rings is 2. The van der Waals surface area contributed by atoms with Crippen LogP contribution in [0.4, 0.5) is 18.0 Å². The van der Waals surface area contributed by atoms with Crippen molar-refractivity contribution in [1.29, 1.82) is 0 Å². The number of carbonyl (C=O) groups excluding carboxylic acids is 3. The minimum Gasteiger partial charge on any atom is -0.376 e. The van der Waals surface area contributed by atoms with Crippen molar-refractivity contribution in [1.82, 2.24) is 15.5 Å². The fourth-order valence-electron chi connectivity index (χ4n) is 5.23. The van der Waals surface area contributed by atoms with Crippen LogP contribution in [0.25, 0.3) is 0 Å². The molecule has 0 unspecified atom stereocenters. The molecule has 2 fully saturated rings. The van der Waals surface area contributed by atoms with Crippen molar-refractivity contribution in [3.63, 3.8) is 0 Å². The van der Waals surface area contributed by atoms with Crippen LogP contribution in [0.2, 0.25) is 5.02 Å². The SMILES string of the molecule is O=C1NC(=O)[C@@](C[C@@H](COCc2ccccc2)C(=O)N2Cc3cc(Cl)c(C(F)(F)F)cc3C2)(C2CC2)N1. The van der Waals surface area contributed by atoms with E-state index in [4.69, 9.17) is 16.3 Å². The smallest absolute Gasteiger partial charge is 0.376 e. The van der Waals surface area contributed by atoms with Gasteiger partial charge in [-0.05, 0) is 54.0 Å². The van der Waals surface area contributed by atoms with Crippen molar-refractivity contribution < 1.29 is 32.3 Å². The lowest BCUT2D eigenvalue weighted by atomic mass is 9.82. The Bertz CT molecular complexity index is 1240. The van der Waals surface area contributed by atoms with Gasteiger partial charge in [0.2, 0.25) is 5.91 Å². The molecule has 37 heavy (non-hydrogen) atoms. The van der Waals surface area contributed by atoms with Crippen LogP contribution in [0.3, 0.4) is 0 Å². The monoisotopic (exact) mass is 535 g/mol. The van der Waals surface area contributed by atoms with E-state index in [0.29, 0.717) is 11.1 Å². The van der Waals surface area contributed by atoms with E-state index in [0.717, 1.165) is 24.5 Å². The van der Waals surface area contributed by atoms with Gasteiger partial charge in [0.05, 0.1) is 29.7 Å².